The Morgan fingerprint density at radius 3 is 2.86 bits per heavy atom. The summed E-state index contributed by atoms with van der Waals surface area (Å²) in [7, 11) is 0. The van der Waals surface area contributed by atoms with E-state index in [1.165, 1.54) is 5.54 Å². The third-order valence-electron chi connectivity index (χ3n) is 1.78. The number of rotatable bonds is 5. The summed E-state index contributed by atoms with van der Waals surface area (Å²) in [6.45, 7) is 0.581. The molecule has 0 bridgehead atoms. The Balaban J connectivity index is 2.63. The van der Waals surface area contributed by atoms with Crippen LogP contribution in [0.25, 0.3) is 0 Å². The van der Waals surface area contributed by atoms with Gasteiger partial charge < -0.3 is 9.84 Å². The van der Waals surface area contributed by atoms with E-state index in [-0.39, 0.29) is 6.61 Å². The minimum absolute atomic E-state index is 0.131. The molecular weight excluding hydrogens is 200 g/mol. The van der Waals surface area contributed by atoms with Crippen LogP contribution in [0.15, 0.2) is 35.9 Å². The first-order valence-electron chi connectivity index (χ1n) is 4.45. The molecule has 1 N–H and O–H groups in total. The monoisotopic (exact) mass is 212 g/mol. The Kier molecular flexibility index (Phi) is 5.12. The summed E-state index contributed by atoms with van der Waals surface area (Å²) in [6, 6.07) is 7.65. The molecule has 0 spiro atoms. The molecule has 1 rings (SSSR count). The van der Waals surface area contributed by atoms with Gasteiger partial charge in [-0.05, 0) is 24.1 Å². The minimum Gasteiger partial charge on any atom is -0.489 e. The van der Waals surface area contributed by atoms with Gasteiger partial charge in [0.25, 0.3) is 0 Å². The van der Waals surface area contributed by atoms with Gasteiger partial charge in [-0.1, -0.05) is 29.8 Å². The summed E-state index contributed by atoms with van der Waals surface area (Å²) >= 11 is 5.37. The predicted molar refractivity (Wildman–Crippen MR) is 57.7 cm³/mol. The zero-order valence-corrected chi connectivity index (χ0v) is 8.57. The van der Waals surface area contributed by atoms with Crippen molar-refractivity contribution >= 4 is 11.6 Å². The summed E-state index contributed by atoms with van der Waals surface area (Å²) in [6.07, 6.45) is 2.33. The van der Waals surface area contributed by atoms with Crippen LogP contribution in [0.4, 0.5) is 0 Å². The van der Waals surface area contributed by atoms with Gasteiger partial charge in [-0.2, -0.15) is 0 Å². The lowest BCUT2D eigenvalue weighted by Crippen LogP contribution is -1.99. The van der Waals surface area contributed by atoms with Crippen molar-refractivity contribution in [2.24, 2.45) is 0 Å². The van der Waals surface area contributed by atoms with Crippen molar-refractivity contribution < 1.29 is 9.84 Å². The van der Waals surface area contributed by atoms with Crippen molar-refractivity contribution in [2.75, 3.05) is 13.2 Å². The molecule has 76 valence electrons. The second-order valence-electron chi connectivity index (χ2n) is 2.75. The number of hydrogen-bond acceptors (Lipinski definition) is 2. The lowest BCUT2D eigenvalue weighted by molar-refractivity contribution is 0.294. The molecule has 0 atom stereocenters. The van der Waals surface area contributed by atoms with Crippen LogP contribution < -0.4 is 4.74 Å². The average molecular weight is 213 g/mol. The van der Waals surface area contributed by atoms with Crippen LogP contribution in [0, 0.1) is 0 Å². The fourth-order valence-electron chi connectivity index (χ4n) is 1.15. The molecule has 0 radical (unpaired) electrons. The van der Waals surface area contributed by atoms with Crippen molar-refractivity contribution in [3.63, 3.8) is 0 Å². The Morgan fingerprint density at radius 1 is 1.36 bits per heavy atom. The van der Waals surface area contributed by atoms with Crippen LogP contribution >= 0.6 is 11.6 Å². The van der Waals surface area contributed by atoms with Crippen molar-refractivity contribution in [3.05, 3.63) is 41.4 Å². The van der Waals surface area contributed by atoms with Crippen molar-refractivity contribution in [2.45, 2.75) is 6.42 Å². The van der Waals surface area contributed by atoms with Gasteiger partial charge >= 0.3 is 0 Å². The lowest BCUT2D eigenvalue weighted by Gasteiger charge is -2.08. The van der Waals surface area contributed by atoms with Crippen LogP contribution in [0.1, 0.15) is 5.56 Å². The summed E-state index contributed by atoms with van der Waals surface area (Å²) in [5.74, 6) is 0.802. The first-order valence-corrected chi connectivity index (χ1v) is 4.89. The van der Waals surface area contributed by atoms with E-state index >= 15 is 0 Å². The number of benzene rings is 1. The van der Waals surface area contributed by atoms with Crippen molar-refractivity contribution in [1.29, 1.82) is 0 Å². The molecule has 0 amide bonds. The normalized spacial score (nSPS) is 10.7. The minimum atomic E-state index is 0.131. The molecule has 0 unspecified atom stereocenters. The van der Waals surface area contributed by atoms with Crippen molar-refractivity contribution in [1.82, 2.24) is 0 Å². The van der Waals surface area contributed by atoms with E-state index in [2.05, 4.69) is 0 Å². The molecule has 1 aromatic carbocycles. The van der Waals surface area contributed by atoms with Gasteiger partial charge in [0.1, 0.15) is 12.4 Å². The first-order chi connectivity index (χ1) is 6.88. The molecule has 2 nitrogen and oxygen atoms in total. The van der Waals surface area contributed by atoms with Crippen LogP contribution in [0.5, 0.6) is 5.75 Å². The Labute approximate surface area is 88.8 Å². The van der Waals surface area contributed by atoms with Gasteiger partial charge in [-0.3, -0.25) is 0 Å². The van der Waals surface area contributed by atoms with Gasteiger partial charge in [0.2, 0.25) is 0 Å². The smallest absolute Gasteiger partial charge is 0.123 e. The standard InChI is InChI=1S/C11H13ClO2/c12-7-3-9-14-11-5-2-1-4-10(11)6-8-13/h1-5,7,13H,6,8-9H2/b7-3+. The summed E-state index contributed by atoms with van der Waals surface area (Å²) in [5, 5.41) is 8.83. The number of hydrogen-bond donors (Lipinski definition) is 1. The zero-order valence-electron chi connectivity index (χ0n) is 7.82. The molecule has 0 aliphatic rings. The molecule has 0 aromatic heterocycles. The molecule has 3 heteroatoms. The fourth-order valence-corrected chi connectivity index (χ4v) is 1.22. The zero-order chi connectivity index (χ0) is 10.2. The highest BCUT2D eigenvalue weighted by Gasteiger charge is 2.00. The molecule has 0 heterocycles. The number of aliphatic hydroxyl groups excluding tert-OH is 1. The third kappa shape index (κ3) is 3.40. The van der Waals surface area contributed by atoms with Crippen LogP contribution in [0.3, 0.4) is 0 Å². The van der Waals surface area contributed by atoms with Crippen LogP contribution in [-0.2, 0) is 6.42 Å². The molecule has 1 aromatic rings. The SMILES string of the molecule is OCCc1ccccc1OC/C=C/Cl. The lowest BCUT2D eigenvalue weighted by atomic mass is 10.1. The highest BCUT2D eigenvalue weighted by atomic mass is 35.5. The van der Waals surface area contributed by atoms with Crippen LogP contribution in [0.2, 0.25) is 0 Å². The Morgan fingerprint density at radius 2 is 2.14 bits per heavy atom. The molecule has 14 heavy (non-hydrogen) atoms. The predicted octanol–water partition coefficient (Wildman–Crippen LogP) is 2.35. The summed E-state index contributed by atoms with van der Waals surface area (Å²) in [5.41, 5.74) is 2.44. The van der Waals surface area contributed by atoms with Gasteiger partial charge in [0.15, 0.2) is 0 Å². The van der Waals surface area contributed by atoms with Crippen LogP contribution in [-0.4, -0.2) is 18.3 Å². The van der Waals surface area contributed by atoms with Gasteiger partial charge in [0.05, 0.1) is 0 Å². The van der Waals surface area contributed by atoms with E-state index in [0.29, 0.717) is 13.0 Å². The molecule has 0 saturated heterocycles. The van der Waals surface area contributed by atoms with E-state index in [9.17, 15) is 0 Å². The van der Waals surface area contributed by atoms with E-state index < -0.39 is 0 Å². The first kappa shape index (κ1) is 11.1. The highest BCUT2D eigenvalue weighted by Crippen LogP contribution is 2.18. The average Bonchev–Trinajstić information content (AvgIpc) is 2.21. The van der Waals surface area contributed by atoms with E-state index in [1.54, 1.807) is 6.08 Å². The molecule has 0 aliphatic heterocycles. The summed E-state index contributed by atoms with van der Waals surface area (Å²) < 4.78 is 5.45. The Hall–Kier alpha value is -0.990. The van der Waals surface area contributed by atoms with E-state index in [4.69, 9.17) is 21.4 Å². The number of para-hydroxylation sites is 1. The maximum absolute atomic E-state index is 8.83. The second-order valence-corrected chi connectivity index (χ2v) is 3.01. The summed E-state index contributed by atoms with van der Waals surface area (Å²) in [4.78, 5) is 0. The topological polar surface area (TPSA) is 29.5 Å². The van der Waals surface area contributed by atoms with Gasteiger partial charge in [0, 0.05) is 12.1 Å². The van der Waals surface area contributed by atoms with E-state index in [0.717, 1.165) is 11.3 Å². The van der Waals surface area contributed by atoms with E-state index in [1.807, 2.05) is 24.3 Å². The number of ether oxygens (including phenoxy) is 1. The molecule has 0 aliphatic carbocycles. The third-order valence-corrected chi connectivity index (χ3v) is 1.96. The largest absolute Gasteiger partial charge is 0.489 e. The maximum Gasteiger partial charge on any atom is 0.123 e. The van der Waals surface area contributed by atoms with Crippen molar-refractivity contribution in [3.8, 4) is 5.75 Å². The number of halogens is 1. The molecule has 0 fully saturated rings. The molecule has 0 saturated carbocycles. The number of aliphatic hydroxyl groups is 1. The Bertz CT molecular complexity index is 297. The quantitative estimate of drug-likeness (QED) is 0.812. The van der Waals surface area contributed by atoms with Gasteiger partial charge in [-0.15, -0.1) is 0 Å². The second kappa shape index (κ2) is 6.46. The maximum atomic E-state index is 8.83. The fraction of sp³-hybridized carbons (Fsp3) is 0.273. The highest BCUT2D eigenvalue weighted by molar-refractivity contribution is 6.25. The molecular formula is C11H13ClO2. The van der Waals surface area contributed by atoms with Gasteiger partial charge in [-0.25, -0.2) is 0 Å².